The van der Waals surface area contributed by atoms with Crippen LogP contribution in [0.3, 0.4) is 0 Å². The summed E-state index contributed by atoms with van der Waals surface area (Å²) in [6.07, 6.45) is 2.16. The van der Waals surface area contributed by atoms with Crippen molar-refractivity contribution in [3.05, 3.63) is 11.8 Å². The maximum absolute atomic E-state index is 8.49. The Kier molecular flexibility index (Phi) is 3.83. The van der Waals surface area contributed by atoms with E-state index in [0.29, 0.717) is 18.9 Å². The Morgan fingerprint density at radius 2 is 2.40 bits per heavy atom. The number of nitriles is 1. The Hall–Kier alpha value is -1.87. The Bertz CT molecular complexity index is 369. The van der Waals surface area contributed by atoms with Gasteiger partial charge in [-0.2, -0.15) is 10.2 Å². The predicted octanol–water partition coefficient (Wildman–Crippen LogP) is 0.420. The molecule has 0 aliphatic heterocycles. The Morgan fingerprint density at radius 1 is 1.67 bits per heavy atom. The first-order valence-electron chi connectivity index (χ1n) is 4.57. The largest absolute Gasteiger partial charge is 0.358 e. The molecule has 3 N–H and O–H groups in total. The van der Waals surface area contributed by atoms with Gasteiger partial charge in [-0.3, -0.25) is 5.43 Å². The molecule has 0 amide bonds. The SMILES string of the molecule is Cc1cnc(NN)nc1N(C)CCC#N. The lowest BCUT2D eigenvalue weighted by Crippen LogP contribution is -2.22. The fourth-order valence-corrected chi connectivity index (χ4v) is 1.21. The molecule has 0 aromatic carbocycles. The number of rotatable bonds is 4. The Labute approximate surface area is 88.7 Å². The van der Waals surface area contributed by atoms with E-state index in [4.69, 9.17) is 11.1 Å². The van der Waals surface area contributed by atoms with Gasteiger partial charge >= 0.3 is 0 Å². The molecule has 0 bridgehead atoms. The van der Waals surface area contributed by atoms with E-state index in [1.54, 1.807) is 6.20 Å². The number of nitrogen functional groups attached to an aromatic ring is 1. The average Bonchev–Trinajstić information content (AvgIpc) is 2.26. The van der Waals surface area contributed by atoms with Gasteiger partial charge in [0.1, 0.15) is 5.82 Å². The number of hydrazine groups is 1. The van der Waals surface area contributed by atoms with E-state index >= 15 is 0 Å². The second kappa shape index (κ2) is 5.12. The van der Waals surface area contributed by atoms with Crippen molar-refractivity contribution in [2.24, 2.45) is 5.84 Å². The second-order valence-corrected chi connectivity index (χ2v) is 3.17. The third-order valence-electron chi connectivity index (χ3n) is 1.99. The zero-order valence-corrected chi connectivity index (χ0v) is 8.86. The summed E-state index contributed by atoms with van der Waals surface area (Å²) in [6, 6.07) is 2.09. The standard InChI is InChI=1S/C9H14N6/c1-7-6-12-9(14-11)13-8(7)15(2)5-3-4-10/h6H,3,5,11H2,1-2H3,(H,12,13,14). The lowest BCUT2D eigenvalue weighted by Gasteiger charge is -2.18. The van der Waals surface area contributed by atoms with Gasteiger partial charge in [0, 0.05) is 25.4 Å². The van der Waals surface area contributed by atoms with Gasteiger partial charge in [-0.05, 0) is 6.92 Å². The fourth-order valence-electron chi connectivity index (χ4n) is 1.21. The molecule has 6 heteroatoms. The lowest BCUT2D eigenvalue weighted by molar-refractivity contribution is 0.872. The highest BCUT2D eigenvalue weighted by molar-refractivity contribution is 5.47. The Morgan fingerprint density at radius 3 is 3.00 bits per heavy atom. The Balaban J connectivity index is 2.87. The van der Waals surface area contributed by atoms with Crippen molar-refractivity contribution in [3.8, 4) is 6.07 Å². The predicted molar refractivity (Wildman–Crippen MR) is 58.1 cm³/mol. The topological polar surface area (TPSA) is 90.9 Å². The van der Waals surface area contributed by atoms with Crippen LogP contribution < -0.4 is 16.2 Å². The normalized spacial score (nSPS) is 9.47. The molecular formula is C9H14N6. The van der Waals surface area contributed by atoms with Crippen LogP contribution in [0.4, 0.5) is 11.8 Å². The van der Waals surface area contributed by atoms with Crippen molar-refractivity contribution in [2.75, 3.05) is 23.9 Å². The molecule has 0 spiro atoms. The monoisotopic (exact) mass is 206 g/mol. The number of hydrogen-bond donors (Lipinski definition) is 2. The lowest BCUT2D eigenvalue weighted by atomic mass is 10.3. The third kappa shape index (κ3) is 2.79. The molecule has 0 saturated carbocycles. The summed E-state index contributed by atoms with van der Waals surface area (Å²) in [4.78, 5) is 10.1. The highest BCUT2D eigenvalue weighted by Crippen LogP contribution is 2.16. The summed E-state index contributed by atoms with van der Waals surface area (Å²) in [5.41, 5.74) is 3.34. The van der Waals surface area contributed by atoms with Crippen LogP contribution in [0.25, 0.3) is 0 Å². The van der Waals surface area contributed by atoms with Gasteiger partial charge in [-0.15, -0.1) is 0 Å². The molecule has 0 radical (unpaired) electrons. The molecule has 0 atom stereocenters. The number of anilines is 2. The van der Waals surface area contributed by atoms with Gasteiger partial charge in [0.2, 0.25) is 5.95 Å². The quantitative estimate of drug-likeness (QED) is 0.548. The first kappa shape index (κ1) is 11.2. The van der Waals surface area contributed by atoms with E-state index < -0.39 is 0 Å². The van der Waals surface area contributed by atoms with Gasteiger partial charge in [-0.1, -0.05) is 0 Å². The summed E-state index contributed by atoms with van der Waals surface area (Å²) in [7, 11) is 1.88. The molecule has 0 unspecified atom stereocenters. The zero-order valence-electron chi connectivity index (χ0n) is 8.86. The summed E-state index contributed by atoms with van der Waals surface area (Å²) in [5.74, 6) is 6.38. The molecule has 1 aromatic heterocycles. The van der Waals surface area contributed by atoms with Crippen molar-refractivity contribution in [3.63, 3.8) is 0 Å². The van der Waals surface area contributed by atoms with Gasteiger partial charge in [0.05, 0.1) is 12.5 Å². The molecule has 0 aliphatic carbocycles. The van der Waals surface area contributed by atoms with Crippen molar-refractivity contribution in [2.45, 2.75) is 13.3 Å². The van der Waals surface area contributed by atoms with Crippen LogP contribution in [0.15, 0.2) is 6.20 Å². The van der Waals surface area contributed by atoms with Crippen LogP contribution in [0, 0.1) is 18.3 Å². The number of nitrogens with zero attached hydrogens (tertiary/aromatic N) is 4. The van der Waals surface area contributed by atoms with Crippen LogP contribution in [0.2, 0.25) is 0 Å². The first-order chi connectivity index (χ1) is 7.19. The van der Waals surface area contributed by atoms with Crippen LogP contribution in [-0.2, 0) is 0 Å². The highest BCUT2D eigenvalue weighted by atomic mass is 15.3. The molecule has 0 aliphatic rings. The van der Waals surface area contributed by atoms with Crippen LogP contribution in [0.5, 0.6) is 0 Å². The van der Waals surface area contributed by atoms with Crippen molar-refractivity contribution < 1.29 is 0 Å². The fraction of sp³-hybridized carbons (Fsp3) is 0.444. The van der Waals surface area contributed by atoms with Crippen molar-refractivity contribution in [1.82, 2.24) is 9.97 Å². The molecular weight excluding hydrogens is 192 g/mol. The highest BCUT2D eigenvalue weighted by Gasteiger charge is 2.07. The number of hydrogen-bond acceptors (Lipinski definition) is 6. The number of aryl methyl sites for hydroxylation is 1. The molecule has 80 valence electrons. The second-order valence-electron chi connectivity index (χ2n) is 3.17. The minimum Gasteiger partial charge on any atom is -0.358 e. The summed E-state index contributed by atoms with van der Waals surface area (Å²) >= 11 is 0. The molecule has 0 fully saturated rings. The van der Waals surface area contributed by atoms with E-state index in [1.807, 2.05) is 18.9 Å². The third-order valence-corrected chi connectivity index (χ3v) is 1.99. The summed E-state index contributed by atoms with van der Waals surface area (Å²) < 4.78 is 0. The zero-order chi connectivity index (χ0) is 11.3. The maximum atomic E-state index is 8.49. The van der Waals surface area contributed by atoms with E-state index in [-0.39, 0.29) is 0 Å². The first-order valence-corrected chi connectivity index (χ1v) is 4.57. The van der Waals surface area contributed by atoms with E-state index in [9.17, 15) is 0 Å². The van der Waals surface area contributed by atoms with Gasteiger partial charge in [0.25, 0.3) is 0 Å². The minimum atomic E-state index is 0.374. The van der Waals surface area contributed by atoms with E-state index in [0.717, 1.165) is 11.4 Å². The molecule has 0 saturated heterocycles. The van der Waals surface area contributed by atoms with Gasteiger partial charge in [0.15, 0.2) is 0 Å². The number of aromatic nitrogens is 2. The van der Waals surface area contributed by atoms with Crippen molar-refractivity contribution in [1.29, 1.82) is 5.26 Å². The molecule has 1 aromatic rings. The van der Waals surface area contributed by atoms with Gasteiger partial charge in [-0.25, -0.2) is 10.8 Å². The van der Waals surface area contributed by atoms with Crippen molar-refractivity contribution >= 4 is 11.8 Å². The summed E-state index contributed by atoms with van der Waals surface area (Å²) in [6.45, 7) is 2.55. The molecule has 6 nitrogen and oxygen atoms in total. The van der Waals surface area contributed by atoms with E-state index in [2.05, 4.69) is 21.5 Å². The number of nitrogens with one attached hydrogen (secondary N) is 1. The van der Waals surface area contributed by atoms with Crippen LogP contribution >= 0.6 is 0 Å². The average molecular weight is 206 g/mol. The minimum absolute atomic E-state index is 0.374. The summed E-state index contributed by atoms with van der Waals surface area (Å²) in [5, 5.41) is 8.49. The van der Waals surface area contributed by atoms with Crippen LogP contribution in [-0.4, -0.2) is 23.6 Å². The number of nitrogens with two attached hydrogens (primary N) is 1. The van der Waals surface area contributed by atoms with E-state index in [1.165, 1.54) is 0 Å². The maximum Gasteiger partial charge on any atom is 0.239 e. The molecule has 15 heavy (non-hydrogen) atoms. The van der Waals surface area contributed by atoms with Gasteiger partial charge < -0.3 is 4.90 Å². The molecule has 1 heterocycles. The van der Waals surface area contributed by atoms with Crippen LogP contribution in [0.1, 0.15) is 12.0 Å². The molecule has 1 rings (SSSR count). The smallest absolute Gasteiger partial charge is 0.239 e.